The lowest BCUT2D eigenvalue weighted by Gasteiger charge is -2.03. The number of hydrogen-bond acceptors (Lipinski definition) is 2. The maximum absolute atomic E-state index is 11.1. The lowest BCUT2D eigenvalue weighted by molar-refractivity contribution is -0.141. The monoisotopic (exact) mass is 238 g/mol. The highest BCUT2D eigenvalue weighted by atomic mass is 16.5. The lowest BCUT2D eigenvalue weighted by Crippen LogP contribution is -2.08. The van der Waals surface area contributed by atoms with E-state index in [4.69, 9.17) is 4.74 Å². The van der Waals surface area contributed by atoms with Crippen LogP contribution in [0.5, 0.6) is 0 Å². The summed E-state index contributed by atoms with van der Waals surface area (Å²) < 4.78 is 4.96. The minimum absolute atomic E-state index is 0.0466. The molecule has 0 aromatic carbocycles. The van der Waals surface area contributed by atoms with Gasteiger partial charge in [0.1, 0.15) is 0 Å². The van der Waals surface area contributed by atoms with E-state index in [-0.39, 0.29) is 12.1 Å². The van der Waals surface area contributed by atoms with E-state index in [1.54, 1.807) is 6.08 Å². The molecule has 0 saturated heterocycles. The number of rotatable bonds is 9. The zero-order valence-corrected chi connectivity index (χ0v) is 11.4. The van der Waals surface area contributed by atoms with Crippen molar-refractivity contribution in [2.75, 3.05) is 0 Å². The SMILES string of the molecule is CCCCCCCC=CC=CC(=O)OC(C)C. The molecule has 0 rings (SSSR count). The van der Waals surface area contributed by atoms with Gasteiger partial charge in [0, 0.05) is 6.08 Å². The van der Waals surface area contributed by atoms with Gasteiger partial charge < -0.3 is 4.74 Å². The quantitative estimate of drug-likeness (QED) is 0.257. The van der Waals surface area contributed by atoms with Gasteiger partial charge in [-0.25, -0.2) is 4.79 Å². The second-order valence-electron chi connectivity index (χ2n) is 4.48. The minimum atomic E-state index is -0.271. The van der Waals surface area contributed by atoms with Crippen molar-refractivity contribution in [1.29, 1.82) is 0 Å². The zero-order valence-electron chi connectivity index (χ0n) is 11.4. The first kappa shape index (κ1) is 16.0. The molecule has 0 radical (unpaired) electrons. The molecule has 0 unspecified atom stereocenters. The van der Waals surface area contributed by atoms with Gasteiger partial charge in [-0.1, -0.05) is 50.8 Å². The van der Waals surface area contributed by atoms with Crippen LogP contribution in [-0.2, 0) is 9.53 Å². The molecular weight excluding hydrogens is 212 g/mol. The molecule has 2 heteroatoms. The highest BCUT2D eigenvalue weighted by molar-refractivity contribution is 5.82. The van der Waals surface area contributed by atoms with Gasteiger partial charge in [-0.15, -0.1) is 0 Å². The maximum Gasteiger partial charge on any atom is 0.330 e. The maximum atomic E-state index is 11.1. The van der Waals surface area contributed by atoms with Gasteiger partial charge in [-0.2, -0.15) is 0 Å². The first-order valence-electron chi connectivity index (χ1n) is 6.70. The molecule has 17 heavy (non-hydrogen) atoms. The van der Waals surface area contributed by atoms with E-state index in [0.29, 0.717) is 0 Å². The Bertz CT molecular complexity index is 239. The predicted octanol–water partition coefficient (Wildman–Crippen LogP) is 4.41. The number of ether oxygens (including phenoxy) is 1. The van der Waals surface area contributed by atoms with Crippen molar-refractivity contribution < 1.29 is 9.53 Å². The van der Waals surface area contributed by atoms with E-state index in [1.807, 2.05) is 19.9 Å². The molecule has 0 saturated carbocycles. The van der Waals surface area contributed by atoms with Gasteiger partial charge in [-0.3, -0.25) is 0 Å². The molecule has 0 spiro atoms. The van der Waals surface area contributed by atoms with Gasteiger partial charge in [0.15, 0.2) is 0 Å². The van der Waals surface area contributed by atoms with E-state index in [9.17, 15) is 4.79 Å². The number of unbranched alkanes of at least 4 members (excludes halogenated alkanes) is 5. The van der Waals surface area contributed by atoms with Crippen molar-refractivity contribution in [2.45, 2.75) is 65.4 Å². The topological polar surface area (TPSA) is 26.3 Å². The molecule has 0 aliphatic rings. The Morgan fingerprint density at radius 1 is 1.12 bits per heavy atom. The summed E-state index contributed by atoms with van der Waals surface area (Å²) in [6.07, 6.45) is 14.8. The molecule has 0 N–H and O–H groups in total. The van der Waals surface area contributed by atoms with Crippen LogP contribution in [0, 0.1) is 0 Å². The summed E-state index contributed by atoms with van der Waals surface area (Å²) in [6.45, 7) is 5.91. The first-order valence-corrected chi connectivity index (χ1v) is 6.70. The van der Waals surface area contributed by atoms with Crippen molar-refractivity contribution in [3.05, 3.63) is 24.3 Å². The summed E-state index contributed by atoms with van der Waals surface area (Å²) in [7, 11) is 0. The van der Waals surface area contributed by atoms with Crippen LogP contribution >= 0.6 is 0 Å². The summed E-state index contributed by atoms with van der Waals surface area (Å²) in [5.41, 5.74) is 0. The Balaban J connectivity index is 3.46. The van der Waals surface area contributed by atoms with Gasteiger partial charge in [0.05, 0.1) is 6.10 Å². The number of allylic oxidation sites excluding steroid dienone is 3. The van der Waals surface area contributed by atoms with Crippen LogP contribution in [0.1, 0.15) is 59.3 Å². The number of carbonyl (C=O) groups is 1. The fraction of sp³-hybridized carbons (Fsp3) is 0.667. The number of carbonyl (C=O) groups excluding carboxylic acids is 1. The standard InChI is InChI=1S/C15H26O2/c1-4-5-6-7-8-9-10-11-12-13-15(16)17-14(2)3/h10-14H,4-9H2,1-3H3. The van der Waals surface area contributed by atoms with Crippen LogP contribution in [0.4, 0.5) is 0 Å². The highest BCUT2D eigenvalue weighted by Crippen LogP contribution is 2.05. The van der Waals surface area contributed by atoms with Gasteiger partial charge >= 0.3 is 5.97 Å². The molecule has 2 nitrogen and oxygen atoms in total. The van der Waals surface area contributed by atoms with Gasteiger partial charge in [0.2, 0.25) is 0 Å². The molecule has 0 aliphatic carbocycles. The van der Waals surface area contributed by atoms with Crippen molar-refractivity contribution in [1.82, 2.24) is 0 Å². The Labute approximate surface area is 106 Å². The Kier molecular flexibility index (Phi) is 10.7. The van der Waals surface area contributed by atoms with E-state index < -0.39 is 0 Å². The second-order valence-corrected chi connectivity index (χ2v) is 4.48. The van der Waals surface area contributed by atoms with Crippen LogP contribution < -0.4 is 0 Å². The van der Waals surface area contributed by atoms with Crippen molar-refractivity contribution in [3.8, 4) is 0 Å². The summed E-state index contributed by atoms with van der Waals surface area (Å²) in [5.74, 6) is -0.271. The van der Waals surface area contributed by atoms with E-state index in [0.717, 1.165) is 6.42 Å². The third kappa shape index (κ3) is 12.9. The van der Waals surface area contributed by atoms with Crippen LogP contribution in [0.25, 0.3) is 0 Å². The largest absolute Gasteiger partial charge is 0.460 e. The van der Waals surface area contributed by atoms with Crippen LogP contribution in [0.15, 0.2) is 24.3 Å². The van der Waals surface area contributed by atoms with Crippen LogP contribution in [0.2, 0.25) is 0 Å². The highest BCUT2D eigenvalue weighted by Gasteiger charge is 1.97. The van der Waals surface area contributed by atoms with Crippen LogP contribution in [0.3, 0.4) is 0 Å². The van der Waals surface area contributed by atoms with Crippen LogP contribution in [-0.4, -0.2) is 12.1 Å². The van der Waals surface area contributed by atoms with Crippen molar-refractivity contribution >= 4 is 5.97 Å². The summed E-state index contributed by atoms with van der Waals surface area (Å²) in [5, 5.41) is 0. The Hall–Kier alpha value is -1.05. The lowest BCUT2D eigenvalue weighted by atomic mass is 10.1. The molecule has 0 amide bonds. The summed E-state index contributed by atoms with van der Waals surface area (Å²) in [4.78, 5) is 11.1. The minimum Gasteiger partial charge on any atom is -0.460 e. The van der Waals surface area contributed by atoms with E-state index in [1.165, 1.54) is 38.2 Å². The number of hydrogen-bond donors (Lipinski definition) is 0. The molecular formula is C15H26O2. The summed E-state index contributed by atoms with van der Waals surface area (Å²) in [6, 6.07) is 0. The van der Waals surface area contributed by atoms with Gasteiger partial charge in [-0.05, 0) is 26.7 Å². The Morgan fingerprint density at radius 3 is 2.47 bits per heavy atom. The van der Waals surface area contributed by atoms with E-state index in [2.05, 4.69) is 13.0 Å². The molecule has 0 bridgehead atoms. The van der Waals surface area contributed by atoms with Gasteiger partial charge in [0.25, 0.3) is 0 Å². The fourth-order valence-electron chi connectivity index (χ4n) is 1.45. The van der Waals surface area contributed by atoms with E-state index >= 15 is 0 Å². The average molecular weight is 238 g/mol. The molecule has 0 atom stereocenters. The summed E-state index contributed by atoms with van der Waals surface area (Å²) >= 11 is 0. The third-order valence-electron chi connectivity index (χ3n) is 2.31. The molecule has 0 aliphatic heterocycles. The molecule has 0 heterocycles. The first-order chi connectivity index (χ1) is 8.16. The fourth-order valence-corrected chi connectivity index (χ4v) is 1.45. The zero-order chi connectivity index (χ0) is 12.9. The smallest absolute Gasteiger partial charge is 0.330 e. The van der Waals surface area contributed by atoms with Crippen molar-refractivity contribution in [2.24, 2.45) is 0 Å². The molecule has 98 valence electrons. The second kappa shape index (κ2) is 11.4. The Morgan fingerprint density at radius 2 is 1.82 bits per heavy atom. The van der Waals surface area contributed by atoms with Crippen molar-refractivity contribution in [3.63, 3.8) is 0 Å². The third-order valence-corrected chi connectivity index (χ3v) is 2.31. The normalized spacial score (nSPS) is 11.8. The molecule has 0 fully saturated rings. The molecule has 0 aromatic heterocycles. The average Bonchev–Trinajstić information content (AvgIpc) is 2.26. The molecule has 0 aromatic rings. The predicted molar refractivity (Wildman–Crippen MR) is 72.9 cm³/mol. The number of esters is 1.